The van der Waals surface area contributed by atoms with Crippen LogP contribution in [0.4, 0.5) is 0 Å². The molecule has 0 radical (unpaired) electrons. The Morgan fingerprint density at radius 2 is 1.82 bits per heavy atom. The van der Waals surface area contributed by atoms with Crippen LogP contribution in [-0.2, 0) is 12.8 Å². The first-order valence-electron chi connectivity index (χ1n) is 6.22. The minimum Gasteiger partial charge on any atom is -0.295 e. The van der Waals surface area contributed by atoms with Gasteiger partial charge in [0.05, 0.1) is 0 Å². The van der Waals surface area contributed by atoms with Gasteiger partial charge in [-0.05, 0) is 41.7 Å². The molecular weight excluding hydrogens is 208 g/mol. The number of carbonyl (C=O) groups is 1. The number of Topliss-reactive ketones (excluding diaryl/α,β-unsaturated/α-hetero) is 1. The van der Waals surface area contributed by atoms with Crippen LogP contribution in [-0.4, -0.2) is 5.78 Å². The van der Waals surface area contributed by atoms with Gasteiger partial charge in [0.1, 0.15) is 0 Å². The minimum atomic E-state index is 0.156. The van der Waals surface area contributed by atoms with E-state index in [1.165, 1.54) is 21.9 Å². The highest BCUT2D eigenvalue weighted by Gasteiger charge is 2.09. The lowest BCUT2D eigenvalue weighted by molar-refractivity contribution is 0.101. The second kappa shape index (κ2) is 4.70. The third-order valence-corrected chi connectivity index (χ3v) is 3.34. The van der Waals surface area contributed by atoms with Crippen molar-refractivity contribution in [3.05, 3.63) is 47.0 Å². The zero-order valence-corrected chi connectivity index (χ0v) is 10.7. The van der Waals surface area contributed by atoms with Crippen LogP contribution in [0.2, 0.25) is 0 Å². The molecule has 0 spiro atoms. The van der Waals surface area contributed by atoms with Crippen LogP contribution in [0.25, 0.3) is 10.8 Å². The van der Waals surface area contributed by atoms with Crippen molar-refractivity contribution in [3.8, 4) is 0 Å². The summed E-state index contributed by atoms with van der Waals surface area (Å²) in [7, 11) is 0. The standard InChI is InChI=1S/C16H18O/c1-4-12-6-8-16-13(10-12)7-9-15(11(3)17)14(16)5-2/h6-10H,4-5H2,1-3H3. The highest BCUT2D eigenvalue weighted by Crippen LogP contribution is 2.25. The number of benzene rings is 2. The number of ketones is 1. The van der Waals surface area contributed by atoms with E-state index in [0.717, 1.165) is 18.4 Å². The Labute approximate surface area is 102 Å². The molecule has 1 heteroatoms. The number of carbonyl (C=O) groups excluding carboxylic acids is 1. The highest BCUT2D eigenvalue weighted by molar-refractivity contribution is 6.01. The monoisotopic (exact) mass is 226 g/mol. The molecule has 0 heterocycles. The summed E-state index contributed by atoms with van der Waals surface area (Å²) in [5.41, 5.74) is 3.39. The minimum absolute atomic E-state index is 0.156. The lowest BCUT2D eigenvalue weighted by Gasteiger charge is -2.10. The van der Waals surface area contributed by atoms with Gasteiger partial charge in [0.15, 0.2) is 5.78 Å². The van der Waals surface area contributed by atoms with Gasteiger partial charge in [-0.3, -0.25) is 4.79 Å². The first-order valence-corrected chi connectivity index (χ1v) is 6.22. The topological polar surface area (TPSA) is 17.1 Å². The molecule has 2 aromatic rings. The molecule has 0 bridgehead atoms. The number of hydrogen-bond donors (Lipinski definition) is 0. The van der Waals surface area contributed by atoms with E-state index in [2.05, 4.69) is 38.1 Å². The SMILES string of the molecule is CCc1ccc2c(CC)c(C(C)=O)ccc2c1. The molecule has 0 unspecified atom stereocenters. The average Bonchev–Trinajstić information content (AvgIpc) is 2.36. The molecule has 17 heavy (non-hydrogen) atoms. The van der Waals surface area contributed by atoms with Crippen molar-refractivity contribution in [3.63, 3.8) is 0 Å². The summed E-state index contributed by atoms with van der Waals surface area (Å²) in [5.74, 6) is 0.156. The number of rotatable bonds is 3. The van der Waals surface area contributed by atoms with E-state index in [1.807, 2.05) is 6.07 Å². The Morgan fingerprint density at radius 3 is 2.41 bits per heavy atom. The Morgan fingerprint density at radius 1 is 1.06 bits per heavy atom. The summed E-state index contributed by atoms with van der Waals surface area (Å²) in [6, 6.07) is 10.6. The van der Waals surface area contributed by atoms with Gasteiger partial charge in [0.2, 0.25) is 0 Å². The summed E-state index contributed by atoms with van der Waals surface area (Å²) in [5, 5.41) is 2.46. The molecule has 0 aliphatic rings. The number of hydrogen-bond acceptors (Lipinski definition) is 1. The Hall–Kier alpha value is -1.63. The second-order valence-electron chi connectivity index (χ2n) is 4.41. The van der Waals surface area contributed by atoms with Crippen molar-refractivity contribution in [1.82, 2.24) is 0 Å². The summed E-state index contributed by atoms with van der Waals surface area (Å²) in [6.45, 7) is 5.90. The predicted octanol–water partition coefficient (Wildman–Crippen LogP) is 4.17. The maximum absolute atomic E-state index is 11.6. The summed E-state index contributed by atoms with van der Waals surface area (Å²) >= 11 is 0. The first kappa shape index (κ1) is 11.8. The van der Waals surface area contributed by atoms with E-state index < -0.39 is 0 Å². The number of aryl methyl sites for hydroxylation is 2. The maximum atomic E-state index is 11.6. The van der Waals surface area contributed by atoms with E-state index in [1.54, 1.807) is 6.92 Å². The molecule has 0 saturated heterocycles. The smallest absolute Gasteiger partial charge is 0.160 e. The predicted molar refractivity (Wildman–Crippen MR) is 72.7 cm³/mol. The zero-order chi connectivity index (χ0) is 12.4. The van der Waals surface area contributed by atoms with E-state index in [0.29, 0.717) is 0 Å². The van der Waals surface area contributed by atoms with Gasteiger partial charge in [0, 0.05) is 5.56 Å². The van der Waals surface area contributed by atoms with E-state index >= 15 is 0 Å². The van der Waals surface area contributed by atoms with Gasteiger partial charge in [-0.1, -0.05) is 44.2 Å². The molecule has 0 saturated carbocycles. The fourth-order valence-corrected chi connectivity index (χ4v) is 2.37. The normalized spacial score (nSPS) is 10.8. The third kappa shape index (κ3) is 2.10. The maximum Gasteiger partial charge on any atom is 0.160 e. The molecule has 0 atom stereocenters. The molecular formula is C16H18O. The largest absolute Gasteiger partial charge is 0.295 e. The van der Waals surface area contributed by atoms with Crippen molar-refractivity contribution in [1.29, 1.82) is 0 Å². The fourth-order valence-electron chi connectivity index (χ4n) is 2.37. The summed E-state index contributed by atoms with van der Waals surface area (Å²) < 4.78 is 0. The zero-order valence-electron chi connectivity index (χ0n) is 10.7. The van der Waals surface area contributed by atoms with Gasteiger partial charge in [-0.15, -0.1) is 0 Å². The van der Waals surface area contributed by atoms with Gasteiger partial charge < -0.3 is 0 Å². The van der Waals surface area contributed by atoms with E-state index in [9.17, 15) is 4.79 Å². The lowest BCUT2D eigenvalue weighted by Crippen LogP contribution is -1.99. The Bertz CT molecular complexity index is 567. The number of fused-ring (bicyclic) bond motifs is 1. The van der Waals surface area contributed by atoms with Crippen molar-refractivity contribution in [2.75, 3.05) is 0 Å². The third-order valence-electron chi connectivity index (χ3n) is 3.34. The Kier molecular flexibility index (Phi) is 3.28. The van der Waals surface area contributed by atoms with Crippen LogP contribution in [0.15, 0.2) is 30.3 Å². The van der Waals surface area contributed by atoms with Crippen LogP contribution in [0.5, 0.6) is 0 Å². The lowest BCUT2D eigenvalue weighted by atomic mass is 9.94. The van der Waals surface area contributed by atoms with E-state index in [4.69, 9.17) is 0 Å². The molecule has 88 valence electrons. The van der Waals surface area contributed by atoms with Crippen LogP contribution < -0.4 is 0 Å². The molecule has 1 nitrogen and oxygen atoms in total. The van der Waals surface area contributed by atoms with Gasteiger partial charge in [-0.25, -0.2) is 0 Å². The van der Waals surface area contributed by atoms with Crippen molar-refractivity contribution < 1.29 is 4.79 Å². The average molecular weight is 226 g/mol. The quantitative estimate of drug-likeness (QED) is 0.718. The summed E-state index contributed by atoms with van der Waals surface area (Å²) in [6.07, 6.45) is 1.95. The van der Waals surface area contributed by atoms with Gasteiger partial charge in [-0.2, -0.15) is 0 Å². The van der Waals surface area contributed by atoms with Crippen molar-refractivity contribution >= 4 is 16.6 Å². The molecule has 0 aromatic heterocycles. The summed E-state index contributed by atoms with van der Waals surface area (Å²) in [4.78, 5) is 11.6. The molecule has 0 fully saturated rings. The highest BCUT2D eigenvalue weighted by atomic mass is 16.1. The van der Waals surface area contributed by atoms with Gasteiger partial charge >= 0.3 is 0 Å². The van der Waals surface area contributed by atoms with Crippen LogP contribution in [0, 0.1) is 0 Å². The molecule has 0 amide bonds. The fraction of sp³-hybridized carbons (Fsp3) is 0.312. The van der Waals surface area contributed by atoms with Crippen LogP contribution >= 0.6 is 0 Å². The first-order chi connectivity index (χ1) is 8.17. The van der Waals surface area contributed by atoms with Crippen LogP contribution in [0.3, 0.4) is 0 Å². The molecule has 2 aromatic carbocycles. The molecule has 0 aliphatic heterocycles. The molecule has 0 N–H and O–H groups in total. The molecule has 2 rings (SSSR count). The van der Waals surface area contributed by atoms with Crippen molar-refractivity contribution in [2.45, 2.75) is 33.6 Å². The molecule has 0 aliphatic carbocycles. The van der Waals surface area contributed by atoms with Crippen molar-refractivity contribution in [2.24, 2.45) is 0 Å². The van der Waals surface area contributed by atoms with Crippen LogP contribution in [0.1, 0.15) is 42.3 Å². The second-order valence-corrected chi connectivity index (χ2v) is 4.41. The van der Waals surface area contributed by atoms with Gasteiger partial charge in [0.25, 0.3) is 0 Å². The van der Waals surface area contributed by atoms with E-state index in [-0.39, 0.29) is 5.78 Å². The Balaban J connectivity index is 2.73.